The van der Waals surface area contributed by atoms with Gasteiger partial charge in [0.15, 0.2) is 11.0 Å². The molecule has 0 saturated carbocycles. The van der Waals surface area contributed by atoms with Crippen LogP contribution in [0.4, 0.5) is 5.82 Å². The number of hydrogen-bond acceptors (Lipinski definition) is 4. The van der Waals surface area contributed by atoms with E-state index in [1.165, 1.54) is 11.8 Å². The van der Waals surface area contributed by atoms with Crippen molar-refractivity contribution >= 4 is 51.2 Å². The van der Waals surface area contributed by atoms with Crippen molar-refractivity contribution in [2.24, 2.45) is 12.0 Å². The molecular formula is C21H16ClN5OS. The molecule has 1 saturated heterocycles. The van der Waals surface area contributed by atoms with E-state index in [-0.39, 0.29) is 5.91 Å². The molecule has 5 rings (SSSR count). The van der Waals surface area contributed by atoms with E-state index >= 15 is 0 Å². The molecule has 144 valence electrons. The molecular weight excluding hydrogens is 406 g/mol. The van der Waals surface area contributed by atoms with Gasteiger partial charge in [-0.3, -0.25) is 4.79 Å². The molecule has 0 unspecified atom stereocenters. The predicted octanol–water partition coefficient (Wildman–Crippen LogP) is 4.53. The van der Waals surface area contributed by atoms with Gasteiger partial charge in [0.25, 0.3) is 0 Å². The monoisotopic (exact) mass is 421 g/mol. The van der Waals surface area contributed by atoms with Crippen LogP contribution in [0.3, 0.4) is 0 Å². The lowest BCUT2D eigenvalue weighted by Crippen LogP contribution is -2.20. The van der Waals surface area contributed by atoms with Gasteiger partial charge in [0.05, 0.1) is 17.1 Å². The summed E-state index contributed by atoms with van der Waals surface area (Å²) in [6.45, 7) is 0. The summed E-state index contributed by atoms with van der Waals surface area (Å²) >= 11 is 7.58. The van der Waals surface area contributed by atoms with Crippen molar-refractivity contribution in [1.29, 1.82) is 0 Å². The molecule has 0 atom stereocenters. The molecule has 1 N–H and O–H groups in total. The molecule has 4 aromatic rings. The van der Waals surface area contributed by atoms with Crippen LogP contribution in [0.25, 0.3) is 27.8 Å². The molecule has 3 heterocycles. The minimum Gasteiger partial charge on any atom is -0.350 e. The van der Waals surface area contributed by atoms with E-state index in [0.717, 1.165) is 27.8 Å². The number of nitrogens with zero attached hydrogens (tertiary/aromatic N) is 4. The van der Waals surface area contributed by atoms with Crippen LogP contribution in [-0.4, -0.2) is 31.2 Å². The normalized spacial score (nSPS) is 15.4. The summed E-state index contributed by atoms with van der Waals surface area (Å²) in [5, 5.41) is 9.92. The maximum Gasteiger partial charge on any atom is 0.236 e. The molecule has 0 bridgehead atoms. The maximum atomic E-state index is 11.6. The number of nitrogens with one attached hydrogen (secondary N) is 1. The highest BCUT2D eigenvalue weighted by Gasteiger charge is 2.20. The highest BCUT2D eigenvalue weighted by molar-refractivity contribution is 8.15. The number of aliphatic imine (C=N–C) groups is 1. The first-order valence-corrected chi connectivity index (χ1v) is 10.4. The lowest BCUT2D eigenvalue weighted by Gasteiger charge is -2.05. The second kappa shape index (κ2) is 7.09. The number of para-hydroxylation sites is 1. The van der Waals surface area contributed by atoms with Crippen molar-refractivity contribution in [2.45, 2.75) is 0 Å². The summed E-state index contributed by atoms with van der Waals surface area (Å²) in [6, 6.07) is 17.6. The minimum absolute atomic E-state index is 0.0446. The van der Waals surface area contributed by atoms with E-state index in [9.17, 15) is 4.79 Å². The first-order valence-electron chi connectivity index (χ1n) is 9.00. The molecule has 1 aliphatic heterocycles. The van der Waals surface area contributed by atoms with Gasteiger partial charge >= 0.3 is 0 Å². The van der Waals surface area contributed by atoms with E-state index in [2.05, 4.69) is 33.2 Å². The topological polar surface area (TPSA) is 64.2 Å². The first-order chi connectivity index (χ1) is 14.1. The van der Waals surface area contributed by atoms with Crippen LogP contribution in [0.15, 0.2) is 65.8 Å². The third-order valence-corrected chi connectivity index (χ3v) is 5.83. The Morgan fingerprint density at radius 2 is 2.03 bits per heavy atom. The standard InChI is InChI=1S/C21H16ClN5OS/c1-26-11-16(15-7-2-3-8-18(15)26)17-10-19(23-21-24-20(28)12-29-21)27(25-17)14-6-4-5-13(22)9-14/h2-11H,12H2,1H3,(H,23,24,28). The van der Waals surface area contributed by atoms with Crippen molar-refractivity contribution in [3.8, 4) is 16.9 Å². The van der Waals surface area contributed by atoms with Crippen LogP contribution < -0.4 is 5.32 Å². The third-order valence-electron chi connectivity index (χ3n) is 4.72. The fourth-order valence-electron chi connectivity index (χ4n) is 3.42. The van der Waals surface area contributed by atoms with Crippen molar-refractivity contribution in [3.63, 3.8) is 0 Å². The van der Waals surface area contributed by atoms with E-state index in [1.807, 2.05) is 49.5 Å². The van der Waals surface area contributed by atoms with Crippen molar-refractivity contribution in [3.05, 3.63) is 65.8 Å². The van der Waals surface area contributed by atoms with Crippen molar-refractivity contribution in [2.75, 3.05) is 5.75 Å². The summed E-state index contributed by atoms with van der Waals surface area (Å²) in [4.78, 5) is 16.2. The number of carbonyl (C=O) groups is 1. The fraction of sp³-hybridized carbons (Fsp3) is 0.0952. The van der Waals surface area contributed by atoms with Crippen molar-refractivity contribution < 1.29 is 4.79 Å². The Hall–Kier alpha value is -3.03. The highest BCUT2D eigenvalue weighted by atomic mass is 35.5. The number of benzene rings is 2. The quantitative estimate of drug-likeness (QED) is 0.528. The second-order valence-corrected chi connectivity index (χ2v) is 8.10. The van der Waals surface area contributed by atoms with Gasteiger partial charge in [-0.05, 0) is 24.3 Å². The van der Waals surface area contributed by atoms with E-state index in [0.29, 0.717) is 21.8 Å². The fourth-order valence-corrected chi connectivity index (χ4v) is 4.28. The Bertz CT molecular complexity index is 1290. The SMILES string of the molecule is Cn1cc(-c2cc(N=C3NC(=O)CS3)n(-c3cccc(Cl)c3)n2)c2ccccc21. The number of fused-ring (bicyclic) bond motifs is 1. The zero-order valence-corrected chi connectivity index (χ0v) is 17.0. The molecule has 8 heteroatoms. The van der Waals surface area contributed by atoms with E-state index < -0.39 is 0 Å². The van der Waals surface area contributed by atoms with Crippen LogP contribution in [0.1, 0.15) is 0 Å². The average Bonchev–Trinajstić information content (AvgIpc) is 3.40. The molecule has 1 amide bonds. The molecule has 2 aromatic heterocycles. The Balaban J connectivity index is 1.69. The van der Waals surface area contributed by atoms with Gasteiger partial charge in [0.2, 0.25) is 5.91 Å². The second-order valence-electron chi connectivity index (χ2n) is 6.70. The number of amidine groups is 1. The molecule has 0 aliphatic carbocycles. The van der Waals surface area contributed by atoms with Gasteiger partial charge in [-0.25, -0.2) is 9.67 Å². The molecule has 6 nitrogen and oxygen atoms in total. The van der Waals surface area contributed by atoms with Gasteiger partial charge in [0.1, 0.15) is 0 Å². The largest absolute Gasteiger partial charge is 0.350 e. The maximum absolute atomic E-state index is 11.6. The number of amides is 1. The van der Waals surface area contributed by atoms with Crippen LogP contribution in [0, 0.1) is 0 Å². The molecule has 1 aliphatic rings. The summed E-state index contributed by atoms with van der Waals surface area (Å²) in [5.74, 6) is 0.956. The summed E-state index contributed by atoms with van der Waals surface area (Å²) in [5.41, 5.74) is 3.76. The van der Waals surface area contributed by atoms with Crippen LogP contribution in [0.5, 0.6) is 0 Å². The number of thioether (sulfide) groups is 1. The van der Waals surface area contributed by atoms with Crippen LogP contribution >= 0.6 is 23.4 Å². The molecule has 0 radical (unpaired) electrons. The summed E-state index contributed by atoms with van der Waals surface area (Å²) in [7, 11) is 2.02. The van der Waals surface area contributed by atoms with Crippen LogP contribution in [-0.2, 0) is 11.8 Å². The smallest absolute Gasteiger partial charge is 0.236 e. The Kier molecular flexibility index (Phi) is 4.41. The zero-order valence-electron chi connectivity index (χ0n) is 15.5. The van der Waals surface area contributed by atoms with Crippen molar-refractivity contribution in [1.82, 2.24) is 19.7 Å². The summed E-state index contributed by atoms with van der Waals surface area (Å²) in [6.07, 6.45) is 2.07. The van der Waals surface area contributed by atoms with Crippen LogP contribution in [0.2, 0.25) is 5.02 Å². The lowest BCUT2D eigenvalue weighted by molar-refractivity contribution is -0.116. The minimum atomic E-state index is -0.0446. The van der Waals surface area contributed by atoms with Gasteiger partial charge < -0.3 is 9.88 Å². The number of carbonyl (C=O) groups excluding carboxylic acids is 1. The van der Waals surface area contributed by atoms with E-state index in [4.69, 9.17) is 16.7 Å². The van der Waals surface area contributed by atoms with Gasteiger partial charge in [-0.2, -0.15) is 5.10 Å². The van der Waals surface area contributed by atoms with E-state index in [1.54, 1.807) is 4.68 Å². The molecule has 0 spiro atoms. The Labute approximate surface area is 176 Å². The number of aryl methyl sites for hydroxylation is 1. The first kappa shape index (κ1) is 18.0. The van der Waals surface area contributed by atoms with Gasteiger partial charge in [-0.15, -0.1) is 0 Å². The third kappa shape index (κ3) is 3.32. The highest BCUT2D eigenvalue weighted by Crippen LogP contribution is 2.33. The Morgan fingerprint density at radius 3 is 2.83 bits per heavy atom. The zero-order chi connectivity index (χ0) is 20.0. The molecule has 1 fully saturated rings. The number of aromatic nitrogens is 3. The number of halogens is 1. The lowest BCUT2D eigenvalue weighted by atomic mass is 10.1. The Morgan fingerprint density at radius 1 is 1.17 bits per heavy atom. The average molecular weight is 422 g/mol. The molecule has 29 heavy (non-hydrogen) atoms. The number of rotatable bonds is 3. The summed E-state index contributed by atoms with van der Waals surface area (Å²) < 4.78 is 3.84. The predicted molar refractivity (Wildman–Crippen MR) is 118 cm³/mol. The van der Waals surface area contributed by atoms with Gasteiger partial charge in [-0.1, -0.05) is 47.6 Å². The van der Waals surface area contributed by atoms with Gasteiger partial charge in [0, 0.05) is 40.8 Å². The molecule has 2 aromatic carbocycles. The number of hydrogen-bond donors (Lipinski definition) is 1.